The predicted octanol–water partition coefficient (Wildman–Crippen LogP) is 17.6. The summed E-state index contributed by atoms with van der Waals surface area (Å²) in [5.41, 5.74) is 0. The monoisotopic (exact) mass is 914 g/mol. The third-order valence-electron chi connectivity index (χ3n) is 13.2. The van der Waals surface area contributed by atoms with Crippen molar-refractivity contribution in [3.63, 3.8) is 0 Å². The van der Waals surface area contributed by atoms with Crippen LogP contribution in [0.4, 0.5) is 0 Å². The van der Waals surface area contributed by atoms with Crippen LogP contribution in [0.3, 0.4) is 0 Å². The SMILES string of the molecule is CCCCCCCCCCCCCCCCCC/C=C/C(O)C(CO)NC(=O)CCCCCCCCCCCC/C=C\C=C/CCCCCOC(=O)CCCCCCCCCCCCC. The van der Waals surface area contributed by atoms with E-state index in [1.165, 1.54) is 199 Å². The first-order valence-corrected chi connectivity index (χ1v) is 28.8. The normalized spacial score (nSPS) is 12.9. The van der Waals surface area contributed by atoms with Crippen LogP contribution in [0, 0.1) is 0 Å². The molecular weight excluding hydrogens is 803 g/mol. The van der Waals surface area contributed by atoms with E-state index in [0.29, 0.717) is 19.4 Å². The molecule has 0 heterocycles. The Morgan fingerprint density at radius 1 is 0.431 bits per heavy atom. The van der Waals surface area contributed by atoms with Gasteiger partial charge in [0.25, 0.3) is 0 Å². The number of esters is 1. The van der Waals surface area contributed by atoms with Crippen molar-refractivity contribution in [2.75, 3.05) is 13.2 Å². The van der Waals surface area contributed by atoms with E-state index in [9.17, 15) is 19.8 Å². The summed E-state index contributed by atoms with van der Waals surface area (Å²) in [4.78, 5) is 24.4. The second-order valence-electron chi connectivity index (χ2n) is 19.7. The Balaban J connectivity index is 3.52. The van der Waals surface area contributed by atoms with Gasteiger partial charge in [0.05, 0.1) is 25.4 Å². The molecule has 0 bridgehead atoms. The Morgan fingerprint density at radius 3 is 1.14 bits per heavy atom. The van der Waals surface area contributed by atoms with E-state index in [1.54, 1.807) is 6.08 Å². The van der Waals surface area contributed by atoms with Gasteiger partial charge in [-0.3, -0.25) is 9.59 Å². The fourth-order valence-electron chi connectivity index (χ4n) is 8.74. The molecule has 2 unspecified atom stereocenters. The van der Waals surface area contributed by atoms with E-state index < -0.39 is 12.1 Å². The molecule has 3 N–H and O–H groups in total. The van der Waals surface area contributed by atoms with Crippen LogP contribution >= 0.6 is 0 Å². The third kappa shape index (κ3) is 51.3. The second kappa shape index (κ2) is 54.7. The van der Waals surface area contributed by atoms with Gasteiger partial charge >= 0.3 is 5.97 Å². The molecule has 0 aliphatic heterocycles. The van der Waals surface area contributed by atoms with Crippen LogP contribution in [-0.4, -0.2) is 47.4 Å². The highest BCUT2D eigenvalue weighted by atomic mass is 16.5. The molecule has 0 radical (unpaired) electrons. The molecule has 0 aromatic carbocycles. The Morgan fingerprint density at radius 2 is 0.754 bits per heavy atom. The van der Waals surface area contributed by atoms with Crippen molar-refractivity contribution >= 4 is 11.9 Å². The number of hydrogen-bond acceptors (Lipinski definition) is 5. The molecule has 0 aliphatic rings. The van der Waals surface area contributed by atoms with E-state index in [1.807, 2.05) is 6.08 Å². The maximum Gasteiger partial charge on any atom is 0.305 e. The van der Waals surface area contributed by atoms with E-state index in [0.717, 1.165) is 77.0 Å². The van der Waals surface area contributed by atoms with Crippen molar-refractivity contribution in [3.8, 4) is 0 Å². The van der Waals surface area contributed by atoms with Gasteiger partial charge in [-0.1, -0.05) is 262 Å². The minimum Gasteiger partial charge on any atom is -0.466 e. The van der Waals surface area contributed by atoms with Gasteiger partial charge in [0.2, 0.25) is 5.91 Å². The quantitative estimate of drug-likeness (QED) is 0.0244. The molecule has 6 nitrogen and oxygen atoms in total. The van der Waals surface area contributed by atoms with Gasteiger partial charge in [0.15, 0.2) is 0 Å². The second-order valence-corrected chi connectivity index (χ2v) is 19.7. The fourth-order valence-corrected chi connectivity index (χ4v) is 8.74. The number of amides is 1. The van der Waals surface area contributed by atoms with E-state index >= 15 is 0 Å². The van der Waals surface area contributed by atoms with Crippen LogP contribution in [0.15, 0.2) is 36.5 Å². The molecule has 0 aliphatic carbocycles. The van der Waals surface area contributed by atoms with Crippen LogP contribution in [0.1, 0.15) is 303 Å². The van der Waals surface area contributed by atoms with Gasteiger partial charge < -0.3 is 20.3 Å². The zero-order valence-corrected chi connectivity index (χ0v) is 43.5. The van der Waals surface area contributed by atoms with Crippen LogP contribution in [0.25, 0.3) is 0 Å². The summed E-state index contributed by atoms with van der Waals surface area (Å²) in [7, 11) is 0. The molecule has 0 spiro atoms. The fraction of sp³-hybridized carbons (Fsp3) is 0.864. The van der Waals surface area contributed by atoms with E-state index in [-0.39, 0.29) is 18.5 Å². The summed E-state index contributed by atoms with van der Waals surface area (Å²) >= 11 is 0. The smallest absolute Gasteiger partial charge is 0.305 e. The molecule has 6 heteroatoms. The van der Waals surface area contributed by atoms with Gasteiger partial charge in [0, 0.05) is 12.8 Å². The summed E-state index contributed by atoms with van der Waals surface area (Å²) in [6.07, 6.45) is 67.4. The van der Waals surface area contributed by atoms with Crippen molar-refractivity contribution in [2.45, 2.75) is 315 Å². The maximum absolute atomic E-state index is 12.5. The van der Waals surface area contributed by atoms with Crippen LogP contribution in [0.5, 0.6) is 0 Å². The molecule has 65 heavy (non-hydrogen) atoms. The average molecular weight is 915 g/mol. The maximum atomic E-state index is 12.5. The number of unbranched alkanes of at least 4 members (excludes halogenated alkanes) is 39. The Bertz CT molecular complexity index is 1060. The minimum atomic E-state index is -0.851. The van der Waals surface area contributed by atoms with Crippen molar-refractivity contribution in [1.82, 2.24) is 5.32 Å². The molecule has 0 rings (SSSR count). The van der Waals surface area contributed by atoms with E-state index in [4.69, 9.17) is 4.74 Å². The summed E-state index contributed by atoms with van der Waals surface area (Å²) in [6.45, 7) is 4.87. The highest BCUT2D eigenvalue weighted by molar-refractivity contribution is 5.76. The minimum absolute atomic E-state index is 0.0146. The Labute approximate surface area is 404 Å². The first-order chi connectivity index (χ1) is 32.0. The van der Waals surface area contributed by atoms with Crippen molar-refractivity contribution in [3.05, 3.63) is 36.5 Å². The average Bonchev–Trinajstić information content (AvgIpc) is 3.31. The topological polar surface area (TPSA) is 95.9 Å². The molecule has 0 saturated carbocycles. The van der Waals surface area contributed by atoms with Crippen LogP contribution in [-0.2, 0) is 14.3 Å². The van der Waals surface area contributed by atoms with Crippen molar-refractivity contribution in [1.29, 1.82) is 0 Å². The zero-order chi connectivity index (χ0) is 47.2. The molecule has 0 aromatic rings. The molecule has 0 aromatic heterocycles. The molecule has 2 atom stereocenters. The molecule has 1 amide bonds. The highest BCUT2D eigenvalue weighted by Gasteiger charge is 2.18. The van der Waals surface area contributed by atoms with Crippen molar-refractivity contribution in [2.24, 2.45) is 0 Å². The Kier molecular flexibility index (Phi) is 53.1. The lowest BCUT2D eigenvalue weighted by Crippen LogP contribution is -2.45. The number of aliphatic hydroxyl groups excluding tert-OH is 2. The van der Waals surface area contributed by atoms with Gasteiger partial charge in [-0.15, -0.1) is 0 Å². The largest absolute Gasteiger partial charge is 0.466 e. The molecule has 0 fully saturated rings. The van der Waals surface area contributed by atoms with E-state index in [2.05, 4.69) is 43.5 Å². The number of nitrogens with one attached hydrogen (secondary N) is 1. The number of hydrogen-bond donors (Lipinski definition) is 3. The summed E-state index contributed by atoms with van der Waals surface area (Å²) in [6, 6.07) is -0.636. The number of ether oxygens (including phenoxy) is 1. The zero-order valence-electron chi connectivity index (χ0n) is 43.5. The molecule has 382 valence electrons. The number of allylic oxidation sites excluding steroid dienone is 5. The standard InChI is InChI=1S/C59H111NO5/c1-3-5-7-9-11-13-15-16-17-18-22-25-28-32-35-39-43-47-51-57(62)56(55-61)60-58(63)52-48-44-40-36-33-29-26-23-20-19-21-24-27-30-34-38-42-46-50-54-65-59(64)53-49-45-41-37-31-14-12-10-8-6-4-2/h24,27,30,34,47,51,56-57,61-62H,3-23,25-26,28-29,31-33,35-46,48-50,52-55H2,1-2H3,(H,60,63)/b27-24-,34-30-,51-47+. The number of aliphatic hydroxyl groups is 2. The lowest BCUT2D eigenvalue weighted by atomic mass is 10.0. The van der Waals surface area contributed by atoms with Crippen LogP contribution in [0.2, 0.25) is 0 Å². The first-order valence-electron chi connectivity index (χ1n) is 28.8. The number of carbonyl (C=O) groups excluding carboxylic acids is 2. The highest BCUT2D eigenvalue weighted by Crippen LogP contribution is 2.16. The summed E-state index contributed by atoms with van der Waals surface area (Å²) < 4.78 is 5.43. The van der Waals surface area contributed by atoms with Gasteiger partial charge in [0.1, 0.15) is 0 Å². The lowest BCUT2D eigenvalue weighted by molar-refractivity contribution is -0.143. The van der Waals surface area contributed by atoms with Gasteiger partial charge in [-0.05, 0) is 64.2 Å². The lowest BCUT2D eigenvalue weighted by Gasteiger charge is -2.20. The van der Waals surface area contributed by atoms with Gasteiger partial charge in [-0.25, -0.2) is 0 Å². The summed E-state index contributed by atoms with van der Waals surface area (Å²) in [5, 5.41) is 23.1. The molecule has 0 saturated heterocycles. The number of rotatable bonds is 53. The summed E-state index contributed by atoms with van der Waals surface area (Å²) in [5.74, 6) is -0.0910. The predicted molar refractivity (Wildman–Crippen MR) is 283 cm³/mol. The molecular formula is C59H111NO5. The first kappa shape index (κ1) is 63.1. The third-order valence-corrected chi connectivity index (χ3v) is 13.2. The van der Waals surface area contributed by atoms with Gasteiger partial charge in [-0.2, -0.15) is 0 Å². The van der Waals surface area contributed by atoms with Crippen LogP contribution < -0.4 is 5.32 Å². The Hall–Kier alpha value is -1.92. The number of carbonyl (C=O) groups is 2. The van der Waals surface area contributed by atoms with Crippen molar-refractivity contribution < 1.29 is 24.5 Å².